The maximum Gasteiger partial charge on any atom is 0.239 e. The molecule has 0 aromatic heterocycles. The lowest BCUT2D eigenvalue weighted by atomic mass is 9.85. The largest absolute Gasteiger partial charge is 0.338 e. The van der Waals surface area contributed by atoms with E-state index < -0.39 is 0 Å². The van der Waals surface area contributed by atoms with E-state index in [1.165, 1.54) is 38.5 Å². The second kappa shape index (κ2) is 5.20. The number of hydrogen-bond acceptors (Lipinski definition) is 2. The Morgan fingerprint density at radius 3 is 2.67 bits per heavy atom. The van der Waals surface area contributed by atoms with Gasteiger partial charge in [0, 0.05) is 18.6 Å². The highest BCUT2D eigenvalue weighted by atomic mass is 16.2. The van der Waals surface area contributed by atoms with Gasteiger partial charge in [-0.1, -0.05) is 19.8 Å². The van der Waals surface area contributed by atoms with E-state index in [4.69, 9.17) is 0 Å². The van der Waals surface area contributed by atoms with E-state index in [-0.39, 0.29) is 6.04 Å². The van der Waals surface area contributed by atoms with Gasteiger partial charge in [-0.3, -0.25) is 4.79 Å². The van der Waals surface area contributed by atoms with Crippen LogP contribution in [-0.2, 0) is 4.79 Å². The van der Waals surface area contributed by atoms with Crippen molar-refractivity contribution >= 4 is 5.91 Å². The van der Waals surface area contributed by atoms with Gasteiger partial charge in [-0.05, 0) is 44.4 Å². The van der Waals surface area contributed by atoms with Gasteiger partial charge in [0.15, 0.2) is 0 Å². The lowest BCUT2D eigenvalue weighted by molar-refractivity contribution is -0.133. The summed E-state index contributed by atoms with van der Waals surface area (Å²) in [7, 11) is 0. The zero-order valence-corrected chi connectivity index (χ0v) is 11.5. The first-order valence-electron chi connectivity index (χ1n) is 7.86. The van der Waals surface area contributed by atoms with Crippen LogP contribution in [0, 0.1) is 5.92 Å². The normalized spacial score (nSPS) is 35.3. The van der Waals surface area contributed by atoms with E-state index in [1.54, 1.807) is 0 Å². The summed E-state index contributed by atoms with van der Waals surface area (Å²) >= 11 is 0. The summed E-state index contributed by atoms with van der Waals surface area (Å²) in [5.74, 6) is 1.17. The number of rotatable bonds is 4. The molecule has 1 aliphatic heterocycles. The Bertz CT molecular complexity index is 300. The summed E-state index contributed by atoms with van der Waals surface area (Å²) < 4.78 is 0. The van der Waals surface area contributed by atoms with Crippen molar-refractivity contribution in [1.82, 2.24) is 10.2 Å². The van der Waals surface area contributed by atoms with Crippen LogP contribution in [0.4, 0.5) is 0 Å². The van der Waals surface area contributed by atoms with Crippen LogP contribution < -0.4 is 5.32 Å². The minimum atomic E-state index is 0.130. The average molecular weight is 250 g/mol. The van der Waals surface area contributed by atoms with Gasteiger partial charge in [0.05, 0.1) is 6.04 Å². The summed E-state index contributed by atoms with van der Waals surface area (Å²) in [6.07, 6.45) is 9.96. The number of nitrogens with zero attached hydrogens (tertiary/aromatic N) is 1. The Hall–Kier alpha value is -0.570. The molecule has 3 atom stereocenters. The standard InChI is InChI=1S/C15H26N2O/c1-2-9-17(12-7-8-12)15(18)14-10-11-5-3-4-6-13(11)16-14/h11-14,16H,2-10H2,1H3. The maximum absolute atomic E-state index is 12.6. The van der Waals surface area contributed by atoms with E-state index in [1.807, 2.05) is 0 Å². The monoisotopic (exact) mass is 250 g/mol. The number of hydrogen-bond donors (Lipinski definition) is 1. The Morgan fingerprint density at radius 1 is 1.22 bits per heavy atom. The SMILES string of the molecule is CCCN(C(=O)C1CC2CCCCC2N1)C1CC1. The number of amides is 1. The van der Waals surface area contributed by atoms with E-state index >= 15 is 0 Å². The van der Waals surface area contributed by atoms with E-state index in [9.17, 15) is 4.79 Å². The molecule has 3 nitrogen and oxygen atoms in total. The van der Waals surface area contributed by atoms with Crippen LogP contribution in [0.5, 0.6) is 0 Å². The predicted molar refractivity (Wildman–Crippen MR) is 72.3 cm³/mol. The Labute approximate surface area is 110 Å². The molecule has 3 rings (SSSR count). The number of fused-ring (bicyclic) bond motifs is 1. The minimum Gasteiger partial charge on any atom is -0.338 e. The summed E-state index contributed by atoms with van der Waals surface area (Å²) in [6.45, 7) is 3.13. The highest BCUT2D eigenvalue weighted by Crippen LogP contribution is 2.35. The topological polar surface area (TPSA) is 32.3 Å². The molecule has 3 aliphatic rings. The van der Waals surface area contributed by atoms with Crippen molar-refractivity contribution in [2.24, 2.45) is 5.92 Å². The van der Waals surface area contributed by atoms with E-state index in [2.05, 4.69) is 17.1 Å². The van der Waals surface area contributed by atoms with Crippen molar-refractivity contribution in [2.45, 2.75) is 76.4 Å². The highest BCUT2D eigenvalue weighted by molar-refractivity contribution is 5.83. The Kier molecular flexibility index (Phi) is 3.60. The van der Waals surface area contributed by atoms with Gasteiger partial charge in [-0.2, -0.15) is 0 Å². The van der Waals surface area contributed by atoms with Crippen molar-refractivity contribution in [3.63, 3.8) is 0 Å². The summed E-state index contributed by atoms with van der Waals surface area (Å²) in [4.78, 5) is 14.8. The minimum absolute atomic E-state index is 0.130. The zero-order chi connectivity index (χ0) is 12.5. The molecular weight excluding hydrogens is 224 g/mol. The third-order valence-electron chi connectivity index (χ3n) is 4.90. The molecule has 18 heavy (non-hydrogen) atoms. The first kappa shape index (κ1) is 12.5. The van der Waals surface area contributed by atoms with Crippen LogP contribution >= 0.6 is 0 Å². The second-order valence-corrected chi connectivity index (χ2v) is 6.37. The first-order chi connectivity index (χ1) is 8.79. The van der Waals surface area contributed by atoms with Gasteiger partial charge in [-0.15, -0.1) is 0 Å². The summed E-state index contributed by atoms with van der Waals surface area (Å²) in [5, 5.41) is 3.62. The van der Waals surface area contributed by atoms with Crippen LogP contribution in [0.15, 0.2) is 0 Å². The van der Waals surface area contributed by atoms with Gasteiger partial charge >= 0.3 is 0 Å². The quantitative estimate of drug-likeness (QED) is 0.830. The molecular formula is C15H26N2O. The van der Waals surface area contributed by atoms with Crippen molar-refractivity contribution in [3.05, 3.63) is 0 Å². The molecule has 1 amide bonds. The maximum atomic E-state index is 12.6. The van der Waals surface area contributed by atoms with Crippen LogP contribution in [0.1, 0.15) is 58.3 Å². The van der Waals surface area contributed by atoms with Crippen LogP contribution in [0.3, 0.4) is 0 Å². The van der Waals surface area contributed by atoms with Gasteiger partial charge in [0.25, 0.3) is 0 Å². The van der Waals surface area contributed by atoms with Crippen LogP contribution in [-0.4, -0.2) is 35.5 Å². The lowest BCUT2D eigenvalue weighted by Crippen LogP contribution is -2.46. The van der Waals surface area contributed by atoms with Crippen LogP contribution in [0.25, 0.3) is 0 Å². The molecule has 3 unspecified atom stereocenters. The van der Waals surface area contributed by atoms with Crippen molar-refractivity contribution in [2.75, 3.05) is 6.54 Å². The van der Waals surface area contributed by atoms with Crippen molar-refractivity contribution in [1.29, 1.82) is 0 Å². The smallest absolute Gasteiger partial charge is 0.239 e. The van der Waals surface area contributed by atoms with E-state index in [0.717, 1.165) is 25.3 Å². The molecule has 3 fully saturated rings. The number of carbonyl (C=O) groups excluding carboxylic acids is 1. The molecule has 3 heteroatoms. The van der Waals surface area contributed by atoms with Crippen molar-refractivity contribution in [3.8, 4) is 0 Å². The molecule has 0 radical (unpaired) electrons. The molecule has 0 aromatic carbocycles. The second-order valence-electron chi connectivity index (χ2n) is 6.37. The number of nitrogens with one attached hydrogen (secondary N) is 1. The third-order valence-corrected chi connectivity index (χ3v) is 4.90. The van der Waals surface area contributed by atoms with E-state index in [0.29, 0.717) is 18.0 Å². The van der Waals surface area contributed by atoms with Gasteiger partial charge in [0.2, 0.25) is 5.91 Å². The molecule has 1 saturated heterocycles. The molecule has 102 valence electrons. The molecule has 2 saturated carbocycles. The predicted octanol–water partition coefficient (Wildman–Crippen LogP) is 2.31. The fraction of sp³-hybridized carbons (Fsp3) is 0.933. The Balaban J connectivity index is 1.61. The molecule has 0 spiro atoms. The lowest BCUT2D eigenvalue weighted by Gasteiger charge is -2.26. The Morgan fingerprint density at radius 2 is 2.00 bits per heavy atom. The summed E-state index contributed by atoms with van der Waals surface area (Å²) in [6, 6.07) is 1.34. The molecule has 0 bridgehead atoms. The zero-order valence-electron chi connectivity index (χ0n) is 11.5. The molecule has 1 heterocycles. The third kappa shape index (κ3) is 2.42. The van der Waals surface area contributed by atoms with Crippen LogP contribution in [0.2, 0.25) is 0 Å². The fourth-order valence-corrected chi connectivity index (χ4v) is 3.81. The fourth-order valence-electron chi connectivity index (χ4n) is 3.81. The number of carbonyl (C=O) groups is 1. The van der Waals surface area contributed by atoms with Gasteiger partial charge in [0.1, 0.15) is 0 Å². The molecule has 0 aromatic rings. The van der Waals surface area contributed by atoms with Gasteiger partial charge < -0.3 is 10.2 Å². The summed E-state index contributed by atoms with van der Waals surface area (Å²) in [5.41, 5.74) is 0. The molecule has 2 aliphatic carbocycles. The highest BCUT2D eigenvalue weighted by Gasteiger charge is 2.42. The van der Waals surface area contributed by atoms with Crippen molar-refractivity contribution < 1.29 is 4.79 Å². The molecule has 1 N–H and O–H groups in total. The van der Waals surface area contributed by atoms with Gasteiger partial charge in [-0.25, -0.2) is 0 Å². The first-order valence-corrected chi connectivity index (χ1v) is 7.86. The average Bonchev–Trinajstić information content (AvgIpc) is 3.13.